The lowest BCUT2D eigenvalue weighted by atomic mass is 10.2. The molecule has 0 amide bonds. The van der Waals surface area contributed by atoms with E-state index in [4.69, 9.17) is 4.74 Å². The summed E-state index contributed by atoms with van der Waals surface area (Å²) in [6, 6.07) is 3.31. The normalized spacial score (nSPS) is 24.0. The lowest BCUT2D eigenvalue weighted by Gasteiger charge is -2.30. The quantitative estimate of drug-likeness (QED) is 0.850. The zero-order valence-corrected chi connectivity index (χ0v) is 15.0. The van der Waals surface area contributed by atoms with Crippen LogP contribution in [-0.4, -0.2) is 75.1 Å². The Morgan fingerprint density at radius 3 is 2.83 bits per heavy atom. The number of aromatic nitrogens is 1. The molecule has 0 aliphatic carbocycles. The first-order chi connectivity index (χ1) is 11.6. The molecule has 0 radical (unpaired) electrons. The molecule has 8 heteroatoms. The summed E-state index contributed by atoms with van der Waals surface area (Å²) >= 11 is 0. The average molecular weight is 354 g/mol. The van der Waals surface area contributed by atoms with Crippen LogP contribution in [0.15, 0.2) is 23.2 Å². The van der Waals surface area contributed by atoms with Crippen molar-refractivity contribution >= 4 is 15.8 Å². The maximum Gasteiger partial charge on any atom is 0.246 e. The van der Waals surface area contributed by atoms with Gasteiger partial charge in [0.25, 0.3) is 0 Å². The number of hydrogen-bond donors (Lipinski definition) is 1. The van der Waals surface area contributed by atoms with Crippen LogP contribution in [0, 0.1) is 0 Å². The van der Waals surface area contributed by atoms with Gasteiger partial charge in [-0.2, -0.15) is 4.31 Å². The largest absolute Gasteiger partial charge is 0.374 e. The highest BCUT2D eigenvalue weighted by Gasteiger charge is 2.29. The number of ether oxygens (including phenoxy) is 1. The molecular formula is C16H26N4O3S. The maximum atomic E-state index is 12.9. The minimum Gasteiger partial charge on any atom is -0.374 e. The first-order valence-electron chi connectivity index (χ1n) is 8.56. The second-order valence-electron chi connectivity index (χ2n) is 6.45. The molecule has 0 spiro atoms. The van der Waals surface area contributed by atoms with Crippen LogP contribution in [0.4, 0.5) is 5.82 Å². The van der Waals surface area contributed by atoms with E-state index in [0.29, 0.717) is 32.1 Å². The summed E-state index contributed by atoms with van der Waals surface area (Å²) in [5, 5.41) is 3.18. The number of hydrogen-bond acceptors (Lipinski definition) is 6. The van der Waals surface area contributed by atoms with Gasteiger partial charge < -0.3 is 15.0 Å². The average Bonchev–Trinajstić information content (AvgIpc) is 2.61. The third-order valence-corrected chi connectivity index (χ3v) is 6.47. The molecule has 1 N–H and O–H groups in total. The molecule has 24 heavy (non-hydrogen) atoms. The summed E-state index contributed by atoms with van der Waals surface area (Å²) in [5.41, 5.74) is 0. The number of piperidine rings is 1. The van der Waals surface area contributed by atoms with Crippen LogP contribution in [0.3, 0.4) is 0 Å². The van der Waals surface area contributed by atoms with Gasteiger partial charge >= 0.3 is 0 Å². The highest BCUT2D eigenvalue weighted by Crippen LogP contribution is 2.25. The van der Waals surface area contributed by atoms with E-state index in [1.165, 1.54) is 0 Å². The van der Waals surface area contributed by atoms with Crippen LogP contribution < -0.4 is 5.32 Å². The molecule has 3 heterocycles. The van der Waals surface area contributed by atoms with Crippen LogP contribution >= 0.6 is 0 Å². The maximum absolute atomic E-state index is 12.9. The fraction of sp³-hybridized carbons (Fsp3) is 0.688. The third-order valence-electron chi connectivity index (χ3n) is 4.54. The van der Waals surface area contributed by atoms with Gasteiger partial charge in [-0.1, -0.05) is 6.42 Å². The van der Waals surface area contributed by atoms with Crippen LogP contribution in [0.5, 0.6) is 0 Å². The molecule has 1 unspecified atom stereocenters. The Labute approximate surface area is 144 Å². The lowest BCUT2D eigenvalue weighted by Crippen LogP contribution is -2.43. The van der Waals surface area contributed by atoms with E-state index in [1.54, 1.807) is 22.6 Å². The van der Waals surface area contributed by atoms with E-state index in [0.717, 1.165) is 32.4 Å². The summed E-state index contributed by atoms with van der Waals surface area (Å²) < 4.78 is 33.1. The Morgan fingerprint density at radius 2 is 2.08 bits per heavy atom. The molecule has 2 aliphatic heterocycles. The smallest absolute Gasteiger partial charge is 0.246 e. The first kappa shape index (κ1) is 17.6. The van der Waals surface area contributed by atoms with E-state index in [-0.39, 0.29) is 11.0 Å². The number of likely N-dealkylation sites (N-methyl/N-ethyl adjacent to an activating group) is 1. The van der Waals surface area contributed by atoms with Crippen molar-refractivity contribution in [3.63, 3.8) is 0 Å². The molecule has 0 saturated carbocycles. The van der Waals surface area contributed by atoms with Crippen LogP contribution in [-0.2, 0) is 14.8 Å². The van der Waals surface area contributed by atoms with Crippen LogP contribution in [0.25, 0.3) is 0 Å². The molecule has 7 nitrogen and oxygen atoms in total. The van der Waals surface area contributed by atoms with Crippen LogP contribution in [0.1, 0.15) is 19.3 Å². The van der Waals surface area contributed by atoms with Crippen molar-refractivity contribution in [3.05, 3.63) is 18.3 Å². The number of nitrogens with zero attached hydrogens (tertiary/aromatic N) is 3. The van der Waals surface area contributed by atoms with Gasteiger partial charge in [-0.25, -0.2) is 13.4 Å². The van der Waals surface area contributed by atoms with Gasteiger partial charge in [0, 0.05) is 38.9 Å². The number of nitrogens with one attached hydrogen (secondary N) is 1. The van der Waals surface area contributed by atoms with Gasteiger partial charge in [-0.15, -0.1) is 0 Å². The molecular weight excluding hydrogens is 328 g/mol. The summed E-state index contributed by atoms with van der Waals surface area (Å²) in [6.45, 7) is 4.18. The van der Waals surface area contributed by atoms with E-state index in [9.17, 15) is 8.42 Å². The van der Waals surface area contributed by atoms with Gasteiger partial charge in [0.1, 0.15) is 10.7 Å². The Kier molecular flexibility index (Phi) is 5.70. The van der Waals surface area contributed by atoms with Crippen molar-refractivity contribution in [2.75, 3.05) is 51.7 Å². The molecule has 3 rings (SSSR count). The second-order valence-corrected chi connectivity index (χ2v) is 8.36. The summed E-state index contributed by atoms with van der Waals surface area (Å²) in [5.74, 6) is 0.417. The van der Waals surface area contributed by atoms with Crippen molar-refractivity contribution in [2.24, 2.45) is 0 Å². The molecule has 2 saturated heterocycles. The van der Waals surface area contributed by atoms with Gasteiger partial charge in [0.2, 0.25) is 10.0 Å². The van der Waals surface area contributed by atoms with Crippen molar-refractivity contribution in [3.8, 4) is 0 Å². The standard InChI is InChI=1S/C16H26N4O3S/c1-19-10-11-23-14(13-19)12-18-16-15(6-5-7-17-16)24(21,22)20-8-3-2-4-9-20/h5-7,14H,2-4,8-13H2,1H3,(H,17,18). The van der Waals surface area contributed by atoms with E-state index < -0.39 is 10.0 Å². The first-order valence-corrected chi connectivity index (χ1v) is 10.0. The fourth-order valence-electron chi connectivity index (χ4n) is 3.18. The van der Waals surface area contributed by atoms with Gasteiger partial charge in [0.15, 0.2) is 0 Å². The van der Waals surface area contributed by atoms with Crippen molar-refractivity contribution < 1.29 is 13.2 Å². The molecule has 134 valence electrons. The highest BCUT2D eigenvalue weighted by atomic mass is 32.2. The molecule has 2 fully saturated rings. The molecule has 0 bridgehead atoms. The predicted octanol–water partition coefficient (Wildman–Crippen LogP) is 0.999. The minimum atomic E-state index is -3.50. The number of sulfonamides is 1. The van der Waals surface area contributed by atoms with Gasteiger partial charge in [-0.3, -0.25) is 0 Å². The van der Waals surface area contributed by atoms with Gasteiger partial charge in [0.05, 0.1) is 12.7 Å². The van der Waals surface area contributed by atoms with E-state index in [2.05, 4.69) is 22.2 Å². The Bertz CT molecular complexity index is 646. The number of rotatable bonds is 5. The fourth-order valence-corrected chi connectivity index (χ4v) is 4.81. The topological polar surface area (TPSA) is 74.8 Å². The SMILES string of the molecule is CN1CCOC(CNc2ncccc2S(=O)(=O)N2CCCCC2)C1. The van der Waals surface area contributed by atoms with Crippen molar-refractivity contribution in [1.29, 1.82) is 0 Å². The van der Waals surface area contributed by atoms with E-state index >= 15 is 0 Å². The Morgan fingerprint density at radius 1 is 1.29 bits per heavy atom. The van der Waals surface area contributed by atoms with E-state index in [1.807, 2.05) is 0 Å². The number of morpholine rings is 1. The summed E-state index contributed by atoms with van der Waals surface area (Å²) in [7, 11) is -1.44. The summed E-state index contributed by atoms with van der Waals surface area (Å²) in [4.78, 5) is 6.73. The van der Waals surface area contributed by atoms with Crippen LogP contribution in [0.2, 0.25) is 0 Å². The van der Waals surface area contributed by atoms with Gasteiger partial charge in [-0.05, 0) is 32.0 Å². The third kappa shape index (κ3) is 4.05. The molecule has 1 atom stereocenters. The highest BCUT2D eigenvalue weighted by molar-refractivity contribution is 7.89. The molecule has 0 aromatic carbocycles. The molecule has 2 aliphatic rings. The molecule has 1 aromatic heterocycles. The minimum absolute atomic E-state index is 0.0382. The predicted molar refractivity (Wildman–Crippen MR) is 92.6 cm³/mol. The van der Waals surface area contributed by atoms with Crippen molar-refractivity contribution in [1.82, 2.24) is 14.2 Å². The monoisotopic (exact) mass is 354 g/mol. The Hall–Kier alpha value is -1.22. The number of anilines is 1. The number of pyridine rings is 1. The molecule has 1 aromatic rings. The zero-order chi connectivity index (χ0) is 17.0. The van der Waals surface area contributed by atoms with Crippen molar-refractivity contribution in [2.45, 2.75) is 30.3 Å². The summed E-state index contributed by atoms with van der Waals surface area (Å²) in [6.07, 6.45) is 4.59. The Balaban J connectivity index is 1.72. The zero-order valence-electron chi connectivity index (χ0n) is 14.1. The second kappa shape index (κ2) is 7.77. The lowest BCUT2D eigenvalue weighted by molar-refractivity contribution is -0.0117.